The van der Waals surface area contributed by atoms with Crippen LogP contribution in [0.2, 0.25) is 0 Å². The average Bonchev–Trinajstić information content (AvgIpc) is 3.96. The van der Waals surface area contributed by atoms with Crippen LogP contribution in [0.3, 0.4) is 0 Å². The summed E-state index contributed by atoms with van der Waals surface area (Å²) in [6.45, 7) is 0. The first-order chi connectivity index (χ1) is 26.8. The van der Waals surface area contributed by atoms with E-state index in [0.29, 0.717) is 0 Å². The van der Waals surface area contributed by atoms with Gasteiger partial charge in [0.1, 0.15) is 0 Å². The standard InChI is InChI=1S/C27H22.C21H13.C5H5.2ClH.Zr/c1-5-13-22(14-6-1)26(23-15-7-2-8-16-23)21-27(24-17-9-3-10-18-24)25-19-11-4-12-20-25;1-2-8-15-14(7-1)13-20-18-11-4-3-9-16(18)17-10-5-6-12-19(17)21(15)20;1-2-4-5-3-1;;;/h1-20,26-27H;1-13H;1-3H,4H2;2*1H;/q;2*-1;;;+2/p-2. The molecule has 9 aromatic carbocycles. The summed E-state index contributed by atoms with van der Waals surface area (Å²) in [6, 6.07) is 72.1. The van der Waals surface area contributed by atoms with Crippen LogP contribution >= 0.6 is 0 Å². The topological polar surface area (TPSA) is 0 Å². The maximum atomic E-state index is 2.99. The second-order valence-electron chi connectivity index (χ2n) is 13.6. The Balaban J connectivity index is 0.000000167. The third-order valence-corrected chi connectivity index (χ3v) is 11.7. The van der Waals surface area contributed by atoms with Crippen LogP contribution in [0, 0.1) is 6.08 Å². The Hall–Kier alpha value is -5.04. The number of hydrogen-bond donors (Lipinski definition) is 0. The van der Waals surface area contributed by atoms with Gasteiger partial charge in [-0.1, -0.05) is 77.5 Å². The van der Waals surface area contributed by atoms with E-state index in [-0.39, 0.29) is 36.6 Å². The molecule has 0 fully saturated rings. The molecule has 0 spiro atoms. The third-order valence-electron chi connectivity index (χ3n) is 10.2. The second-order valence-corrected chi connectivity index (χ2v) is 15.0. The minimum atomic E-state index is 0. The van der Waals surface area contributed by atoms with Gasteiger partial charge in [-0.25, -0.2) is 12.2 Å². The summed E-state index contributed by atoms with van der Waals surface area (Å²) in [5.74, 6) is 0.567. The Morgan fingerprint density at radius 3 is 1.23 bits per heavy atom. The second kappa shape index (κ2) is 19.7. The zero-order valence-corrected chi connectivity index (χ0v) is 34.9. The number of halogens is 2. The Morgan fingerprint density at radius 2 is 0.821 bits per heavy atom. The van der Waals surface area contributed by atoms with E-state index in [1.165, 1.54) is 92.8 Å². The first-order valence-electron chi connectivity index (χ1n) is 18.7. The van der Waals surface area contributed by atoms with E-state index < -0.39 is 0 Å². The average molecular weight is 839 g/mol. The molecular weight excluding hydrogens is 799 g/mol. The van der Waals surface area contributed by atoms with E-state index in [2.05, 4.69) is 212 Å². The monoisotopic (exact) mass is 836 g/mol. The van der Waals surface area contributed by atoms with Crippen molar-refractivity contribution in [3.63, 3.8) is 0 Å². The van der Waals surface area contributed by atoms with Gasteiger partial charge >= 0.3 is 183 Å². The first-order valence-corrected chi connectivity index (χ1v) is 19.9. The predicted octanol–water partition coefficient (Wildman–Crippen LogP) is 7.70. The van der Waals surface area contributed by atoms with Crippen molar-refractivity contribution in [2.45, 2.75) is 18.3 Å². The van der Waals surface area contributed by atoms with E-state index in [0.717, 1.165) is 6.42 Å². The molecule has 0 amide bonds. The van der Waals surface area contributed by atoms with Gasteiger partial charge in [-0.2, -0.15) is 6.08 Å². The Bertz CT molecular complexity index is 2520. The molecule has 0 atom stereocenters. The van der Waals surface area contributed by atoms with E-state index in [1.807, 2.05) is 12.2 Å². The summed E-state index contributed by atoms with van der Waals surface area (Å²) in [7, 11) is 0. The fourth-order valence-electron chi connectivity index (χ4n) is 7.81. The number of benzene rings is 8. The van der Waals surface area contributed by atoms with Crippen LogP contribution in [0.5, 0.6) is 0 Å². The number of allylic oxidation sites excluding steroid dienone is 4. The van der Waals surface area contributed by atoms with Gasteiger partial charge in [0, 0.05) is 0 Å². The molecule has 0 saturated carbocycles. The Labute approximate surface area is 357 Å². The molecule has 9 aromatic rings. The van der Waals surface area contributed by atoms with Gasteiger partial charge in [0.05, 0.1) is 0 Å². The van der Waals surface area contributed by atoms with E-state index in [4.69, 9.17) is 0 Å². The largest absolute Gasteiger partial charge is 0.126 e. The van der Waals surface area contributed by atoms with Crippen LogP contribution in [0.25, 0.3) is 43.1 Å². The fraction of sp³-hybridized carbons (Fsp3) is 0.0566. The molecule has 1 aliphatic carbocycles. The van der Waals surface area contributed by atoms with Gasteiger partial charge in [-0.15, -0.1) is 40.1 Å². The van der Waals surface area contributed by atoms with Crippen molar-refractivity contribution in [1.82, 2.24) is 0 Å². The summed E-state index contributed by atoms with van der Waals surface area (Å²) in [5.41, 5.74) is 5.43. The number of hydrogen-bond acceptors (Lipinski definition) is 0. The maximum absolute atomic E-state index is 2.99. The number of fused-ring (bicyclic) bond motifs is 8. The smallest absolute Gasteiger partial charge is 0.0255 e. The molecule has 0 bridgehead atoms. The third kappa shape index (κ3) is 8.83. The van der Waals surface area contributed by atoms with Crippen molar-refractivity contribution in [2.75, 3.05) is 0 Å². The van der Waals surface area contributed by atoms with Crippen LogP contribution in [0.1, 0.15) is 40.5 Å². The Kier molecular flexibility index (Phi) is 14.3. The Morgan fingerprint density at radius 1 is 0.446 bits per heavy atom. The van der Waals surface area contributed by atoms with Gasteiger partial charge in [-0.3, -0.25) is 6.08 Å². The summed E-state index contributed by atoms with van der Waals surface area (Å²) in [4.78, 5) is 0. The van der Waals surface area contributed by atoms with Crippen LogP contribution in [0.15, 0.2) is 218 Å². The molecule has 0 radical (unpaired) electrons. The minimum absolute atomic E-state index is 0. The molecule has 0 unspecified atom stereocenters. The molecule has 3 heteroatoms. The molecule has 56 heavy (non-hydrogen) atoms. The molecular formula is C53H40Cl2Zr-2. The summed E-state index contributed by atoms with van der Waals surface area (Å²) in [5, 5.41) is 10.8. The van der Waals surface area contributed by atoms with Crippen molar-refractivity contribution in [1.29, 1.82) is 0 Å². The van der Waals surface area contributed by atoms with Crippen molar-refractivity contribution in [2.24, 2.45) is 0 Å². The molecule has 0 saturated heterocycles. The molecule has 10 rings (SSSR count). The zero-order chi connectivity index (χ0) is 36.5. The van der Waals surface area contributed by atoms with E-state index in [1.54, 1.807) is 0 Å². The summed E-state index contributed by atoms with van der Waals surface area (Å²) in [6.07, 6.45) is 10.0. The van der Waals surface area contributed by atoms with Gasteiger partial charge < -0.3 is 24.8 Å². The molecule has 0 N–H and O–H groups in total. The maximum Gasteiger partial charge on any atom is -0.0255 e. The molecule has 0 aliphatic heterocycles. The van der Waals surface area contributed by atoms with Crippen LogP contribution in [-0.2, 0) is 24.2 Å². The van der Waals surface area contributed by atoms with Crippen LogP contribution in [-0.4, -0.2) is 3.21 Å². The molecule has 0 nitrogen and oxygen atoms in total. The van der Waals surface area contributed by atoms with Gasteiger partial charge in [0.25, 0.3) is 0 Å². The minimum Gasteiger partial charge on any atom is -0.126 e. The normalized spacial score (nSPS) is 11.5. The van der Waals surface area contributed by atoms with Crippen LogP contribution < -0.4 is 24.8 Å². The predicted molar refractivity (Wildman–Crippen MR) is 228 cm³/mol. The zero-order valence-electron chi connectivity index (χ0n) is 30.9. The van der Waals surface area contributed by atoms with Gasteiger partial charge in [0.2, 0.25) is 0 Å². The van der Waals surface area contributed by atoms with Crippen molar-refractivity contribution < 1.29 is 49.0 Å². The van der Waals surface area contributed by atoms with Gasteiger partial charge in [-0.05, 0) is 10.8 Å². The van der Waals surface area contributed by atoms with E-state index in [9.17, 15) is 0 Å². The van der Waals surface area contributed by atoms with Gasteiger partial charge in [0.15, 0.2) is 0 Å². The quantitative estimate of drug-likeness (QED) is 0.119. The van der Waals surface area contributed by atoms with Crippen molar-refractivity contribution in [3.05, 3.63) is 247 Å². The molecule has 272 valence electrons. The SMILES string of the molecule is [C-]1=CC=CC1.[Cl-].[Cl-].[Zr+2]=[C](C(c1ccccc1)c1ccccc1)C(c1ccccc1)c1ccccc1.c1ccc2c(c1)[cH-]c1c3ccccc3c3ccccc3c21. The van der Waals surface area contributed by atoms with Crippen molar-refractivity contribution >= 4 is 46.3 Å². The van der Waals surface area contributed by atoms with Crippen molar-refractivity contribution in [3.8, 4) is 0 Å². The fourth-order valence-corrected chi connectivity index (χ4v) is 9.45. The first kappa shape index (κ1) is 40.6. The molecule has 1 aliphatic rings. The summed E-state index contributed by atoms with van der Waals surface area (Å²) < 4.78 is 1.53. The molecule has 0 heterocycles. The van der Waals surface area contributed by atoms with Crippen LogP contribution in [0.4, 0.5) is 0 Å². The molecule has 0 aromatic heterocycles. The van der Waals surface area contributed by atoms with E-state index >= 15 is 0 Å². The summed E-state index contributed by atoms with van der Waals surface area (Å²) >= 11 is 1.47. The number of rotatable bonds is 6.